The average molecular weight is 234 g/mol. The van der Waals surface area contributed by atoms with Crippen molar-refractivity contribution in [2.45, 2.75) is 33.1 Å². The standard InChI is InChI=1S/C10H20BrN/c1-10(2)4-8-12(9-5-10)7-3-6-11/h3-9H2,1-2H3. The van der Waals surface area contributed by atoms with E-state index in [2.05, 4.69) is 34.7 Å². The summed E-state index contributed by atoms with van der Waals surface area (Å²) in [5, 5.41) is 1.15. The molecule has 1 rings (SSSR count). The summed E-state index contributed by atoms with van der Waals surface area (Å²) < 4.78 is 0. The fourth-order valence-electron chi connectivity index (χ4n) is 1.67. The van der Waals surface area contributed by atoms with Gasteiger partial charge in [0, 0.05) is 5.33 Å². The van der Waals surface area contributed by atoms with Gasteiger partial charge in [-0.05, 0) is 44.3 Å². The highest BCUT2D eigenvalue weighted by Gasteiger charge is 2.24. The summed E-state index contributed by atoms with van der Waals surface area (Å²) >= 11 is 3.47. The number of piperidine rings is 1. The predicted molar refractivity (Wildman–Crippen MR) is 57.9 cm³/mol. The number of halogens is 1. The lowest BCUT2D eigenvalue weighted by molar-refractivity contribution is 0.133. The van der Waals surface area contributed by atoms with E-state index in [0.29, 0.717) is 5.41 Å². The fourth-order valence-corrected chi connectivity index (χ4v) is 1.92. The minimum absolute atomic E-state index is 0.602. The van der Waals surface area contributed by atoms with Crippen molar-refractivity contribution in [3.8, 4) is 0 Å². The van der Waals surface area contributed by atoms with Crippen LogP contribution >= 0.6 is 15.9 Å². The van der Waals surface area contributed by atoms with Crippen molar-refractivity contribution in [1.82, 2.24) is 4.90 Å². The molecule has 0 spiro atoms. The Morgan fingerprint density at radius 2 is 1.83 bits per heavy atom. The van der Waals surface area contributed by atoms with Gasteiger partial charge in [-0.2, -0.15) is 0 Å². The van der Waals surface area contributed by atoms with Gasteiger partial charge in [0.1, 0.15) is 0 Å². The van der Waals surface area contributed by atoms with E-state index in [-0.39, 0.29) is 0 Å². The van der Waals surface area contributed by atoms with Crippen LogP contribution in [0.1, 0.15) is 33.1 Å². The Labute approximate surface area is 84.6 Å². The highest BCUT2D eigenvalue weighted by atomic mass is 79.9. The van der Waals surface area contributed by atoms with Crippen molar-refractivity contribution >= 4 is 15.9 Å². The van der Waals surface area contributed by atoms with E-state index >= 15 is 0 Å². The minimum atomic E-state index is 0.602. The van der Waals surface area contributed by atoms with Crippen LogP contribution in [0.3, 0.4) is 0 Å². The molecule has 1 heterocycles. The van der Waals surface area contributed by atoms with Crippen molar-refractivity contribution in [1.29, 1.82) is 0 Å². The summed E-state index contributed by atoms with van der Waals surface area (Å²) in [6.45, 7) is 8.66. The number of rotatable bonds is 3. The van der Waals surface area contributed by atoms with Crippen molar-refractivity contribution in [2.75, 3.05) is 25.0 Å². The largest absolute Gasteiger partial charge is 0.303 e. The summed E-state index contributed by atoms with van der Waals surface area (Å²) in [7, 11) is 0. The van der Waals surface area contributed by atoms with Crippen molar-refractivity contribution in [3.63, 3.8) is 0 Å². The summed E-state index contributed by atoms with van der Waals surface area (Å²) in [5.41, 5.74) is 0.602. The summed E-state index contributed by atoms with van der Waals surface area (Å²) in [6, 6.07) is 0. The SMILES string of the molecule is CC1(C)CCN(CCCBr)CC1. The minimum Gasteiger partial charge on any atom is -0.303 e. The van der Waals surface area contributed by atoms with Crippen LogP contribution < -0.4 is 0 Å². The first kappa shape index (κ1) is 10.5. The third-order valence-electron chi connectivity index (χ3n) is 2.82. The Morgan fingerprint density at radius 3 is 2.33 bits per heavy atom. The van der Waals surface area contributed by atoms with Gasteiger partial charge in [0.2, 0.25) is 0 Å². The topological polar surface area (TPSA) is 3.24 Å². The molecule has 0 N–H and O–H groups in total. The average Bonchev–Trinajstić information content (AvgIpc) is 2.03. The highest BCUT2D eigenvalue weighted by Crippen LogP contribution is 2.29. The molecular weight excluding hydrogens is 214 g/mol. The van der Waals surface area contributed by atoms with E-state index in [1.165, 1.54) is 38.9 Å². The molecule has 0 aromatic heterocycles. The first-order valence-corrected chi connectivity index (χ1v) is 6.04. The molecule has 0 atom stereocenters. The van der Waals surface area contributed by atoms with Gasteiger partial charge in [-0.15, -0.1) is 0 Å². The Morgan fingerprint density at radius 1 is 1.25 bits per heavy atom. The molecule has 0 saturated carbocycles. The lowest BCUT2D eigenvalue weighted by atomic mass is 9.83. The molecule has 72 valence electrons. The number of hydrogen-bond acceptors (Lipinski definition) is 1. The van der Waals surface area contributed by atoms with Crippen LogP contribution in [0.2, 0.25) is 0 Å². The van der Waals surface area contributed by atoms with E-state index in [4.69, 9.17) is 0 Å². The van der Waals surface area contributed by atoms with Crippen LogP contribution in [-0.4, -0.2) is 29.9 Å². The van der Waals surface area contributed by atoms with Crippen LogP contribution in [-0.2, 0) is 0 Å². The van der Waals surface area contributed by atoms with Gasteiger partial charge >= 0.3 is 0 Å². The monoisotopic (exact) mass is 233 g/mol. The lowest BCUT2D eigenvalue weighted by Crippen LogP contribution is -2.37. The maximum Gasteiger partial charge on any atom is 0.00434 e. The number of likely N-dealkylation sites (tertiary alicyclic amines) is 1. The molecule has 1 aliphatic rings. The van der Waals surface area contributed by atoms with Crippen LogP contribution in [0.4, 0.5) is 0 Å². The van der Waals surface area contributed by atoms with E-state index in [9.17, 15) is 0 Å². The second-order valence-electron chi connectivity index (χ2n) is 4.55. The Balaban J connectivity index is 2.18. The predicted octanol–water partition coefficient (Wildman–Crippen LogP) is 2.89. The molecule has 1 aliphatic heterocycles. The van der Waals surface area contributed by atoms with Crippen LogP contribution in [0.5, 0.6) is 0 Å². The first-order chi connectivity index (χ1) is 5.64. The smallest absolute Gasteiger partial charge is 0.00434 e. The molecule has 0 aromatic rings. The molecular formula is C10H20BrN. The summed E-state index contributed by atoms with van der Waals surface area (Å²) in [4.78, 5) is 2.59. The van der Waals surface area contributed by atoms with Crippen molar-refractivity contribution < 1.29 is 0 Å². The van der Waals surface area contributed by atoms with Gasteiger partial charge in [0.05, 0.1) is 0 Å². The Hall–Kier alpha value is 0.440. The van der Waals surface area contributed by atoms with Gasteiger partial charge in [-0.1, -0.05) is 29.8 Å². The number of nitrogens with zero attached hydrogens (tertiary/aromatic N) is 1. The normalized spacial score (nSPS) is 24.2. The van der Waals surface area contributed by atoms with Crippen LogP contribution in [0.25, 0.3) is 0 Å². The second-order valence-corrected chi connectivity index (χ2v) is 5.34. The Bertz CT molecular complexity index is 124. The molecule has 0 aromatic carbocycles. The molecule has 0 aliphatic carbocycles. The maximum absolute atomic E-state index is 3.47. The molecule has 1 saturated heterocycles. The quantitative estimate of drug-likeness (QED) is 0.679. The lowest BCUT2D eigenvalue weighted by Gasteiger charge is -2.36. The van der Waals surface area contributed by atoms with E-state index < -0.39 is 0 Å². The van der Waals surface area contributed by atoms with E-state index in [1.54, 1.807) is 0 Å². The van der Waals surface area contributed by atoms with Gasteiger partial charge < -0.3 is 4.90 Å². The molecule has 0 unspecified atom stereocenters. The van der Waals surface area contributed by atoms with Crippen molar-refractivity contribution in [3.05, 3.63) is 0 Å². The summed E-state index contributed by atoms with van der Waals surface area (Å²) in [6.07, 6.45) is 4.03. The molecule has 12 heavy (non-hydrogen) atoms. The van der Waals surface area contributed by atoms with Gasteiger partial charge in [-0.3, -0.25) is 0 Å². The Kier molecular flexibility index (Phi) is 4.04. The van der Waals surface area contributed by atoms with Gasteiger partial charge in [-0.25, -0.2) is 0 Å². The molecule has 0 radical (unpaired) electrons. The zero-order chi connectivity index (χ0) is 9.03. The number of alkyl halides is 1. The third-order valence-corrected chi connectivity index (χ3v) is 3.38. The highest BCUT2D eigenvalue weighted by molar-refractivity contribution is 9.09. The fraction of sp³-hybridized carbons (Fsp3) is 1.00. The van der Waals surface area contributed by atoms with E-state index in [1.807, 2.05) is 0 Å². The number of hydrogen-bond donors (Lipinski definition) is 0. The first-order valence-electron chi connectivity index (χ1n) is 4.92. The van der Waals surface area contributed by atoms with Gasteiger partial charge in [0.25, 0.3) is 0 Å². The molecule has 2 heteroatoms. The maximum atomic E-state index is 3.47. The second kappa shape index (κ2) is 4.61. The summed E-state index contributed by atoms with van der Waals surface area (Å²) in [5.74, 6) is 0. The van der Waals surface area contributed by atoms with Crippen LogP contribution in [0.15, 0.2) is 0 Å². The molecule has 1 nitrogen and oxygen atoms in total. The third kappa shape index (κ3) is 3.44. The van der Waals surface area contributed by atoms with Gasteiger partial charge in [0.15, 0.2) is 0 Å². The zero-order valence-electron chi connectivity index (χ0n) is 8.27. The molecule has 1 fully saturated rings. The van der Waals surface area contributed by atoms with E-state index in [0.717, 1.165) is 5.33 Å². The van der Waals surface area contributed by atoms with Crippen LogP contribution in [0, 0.1) is 5.41 Å². The molecule has 0 amide bonds. The van der Waals surface area contributed by atoms with Crippen molar-refractivity contribution in [2.24, 2.45) is 5.41 Å². The zero-order valence-corrected chi connectivity index (χ0v) is 9.86. The molecule has 0 bridgehead atoms.